The number of benzene rings is 1. The second-order valence-corrected chi connectivity index (χ2v) is 6.22. The Bertz CT molecular complexity index is 518. The van der Waals surface area contributed by atoms with Gasteiger partial charge in [0.1, 0.15) is 6.04 Å². The Hall–Kier alpha value is -1.33. The van der Waals surface area contributed by atoms with Crippen molar-refractivity contribution in [1.29, 1.82) is 0 Å². The molecule has 1 fully saturated rings. The highest BCUT2D eigenvalue weighted by Gasteiger charge is 2.31. The number of likely N-dealkylation sites (tertiary alicyclic amines) is 1. The van der Waals surface area contributed by atoms with Gasteiger partial charge in [0, 0.05) is 24.4 Å². The number of amides is 1. The summed E-state index contributed by atoms with van der Waals surface area (Å²) in [6.45, 7) is 1.20. The van der Waals surface area contributed by atoms with Crippen molar-refractivity contribution in [3.05, 3.63) is 35.9 Å². The summed E-state index contributed by atoms with van der Waals surface area (Å²) in [7, 11) is 0. The van der Waals surface area contributed by atoms with E-state index in [1.54, 1.807) is 16.7 Å². The van der Waals surface area contributed by atoms with Crippen LogP contribution < -0.4 is 0 Å². The minimum Gasteiger partial charge on any atom is -0.391 e. The van der Waals surface area contributed by atoms with Crippen LogP contribution in [0.2, 0.25) is 0 Å². The fourth-order valence-electron chi connectivity index (χ4n) is 2.60. The molecule has 2 heterocycles. The first-order valence-corrected chi connectivity index (χ1v) is 7.95. The van der Waals surface area contributed by atoms with Crippen LogP contribution in [0.4, 0.5) is 0 Å². The van der Waals surface area contributed by atoms with Gasteiger partial charge in [-0.3, -0.25) is 9.79 Å². The molecule has 0 saturated carbocycles. The maximum Gasteiger partial charge on any atom is 0.248 e. The van der Waals surface area contributed by atoms with Gasteiger partial charge in [-0.1, -0.05) is 30.3 Å². The molecule has 1 N–H and O–H groups in total. The van der Waals surface area contributed by atoms with Crippen LogP contribution in [0, 0.1) is 0 Å². The monoisotopic (exact) mass is 290 g/mol. The maximum atomic E-state index is 12.4. The van der Waals surface area contributed by atoms with Crippen molar-refractivity contribution < 1.29 is 9.90 Å². The molecule has 0 aliphatic carbocycles. The topological polar surface area (TPSA) is 52.9 Å². The smallest absolute Gasteiger partial charge is 0.248 e. The fourth-order valence-corrected chi connectivity index (χ4v) is 3.64. The SMILES string of the molecule is O=C(C1CSC(c2ccccc2)=N1)N1CCCC(O)C1. The number of hydrogen-bond donors (Lipinski definition) is 1. The minimum atomic E-state index is -0.376. The predicted molar refractivity (Wildman–Crippen MR) is 81.0 cm³/mol. The number of aliphatic hydroxyl groups is 1. The molecule has 3 rings (SSSR count). The van der Waals surface area contributed by atoms with Crippen LogP contribution in [-0.4, -0.2) is 51.9 Å². The lowest BCUT2D eigenvalue weighted by Gasteiger charge is -2.31. The zero-order chi connectivity index (χ0) is 13.9. The Balaban J connectivity index is 1.69. The molecule has 1 aromatic rings. The van der Waals surface area contributed by atoms with Gasteiger partial charge in [0.05, 0.1) is 11.1 Å². The van der Waals surface area contributed by atoms with E-state index in [4.69, 9.17) is 0 Å². The van der Waals surface area contributed by atoms with Gasteiger partial charge < -0.3 is 10.0 Å². The predicted octanol–water partition coefficient (Wildman–Crippen LogP) is 1.53. The first-order chi connectivity index (χ1) is 9.74. The van der Waals surface area contributed by atoms with E-state index >= 15 is 0 Å². The van der Waals surface area contributed by atoms with E-state index in [2.05, 4.69) is 4.99 Å². The average molecular weight is 290 g/mol. The van der Waals surface area contributed by atoms with Crippen LogP contribution in [-0.2, 0) is 4.79 Å². The fraction of sp³-hybridized carbons (Fsp3) is 0.467. The van der Waals surface area contributed by atoms with E-state index < -0.39 is 0 Å². The highest BCUT2D eigenvalue weighted by Crippen LogP contribution is 2.25. The molecule has 0 aromatic heterocycles. The summed E-state index contributed by atoms with van der Waals surface area (Å²) in [6.07, 6.45) is 1.29. The third-order valence-electron chi connectivity index (χ3n) is 3.66. The molecule has 0 spiro atoms. The van der Waals surface area contributed by atoms with Gasteiger partial charge in [-0.05, 0) is 12.8 Å². The number of aliphatic imine (C=N–C) groups is 1. The molecule has 4 nitrogen and oxygen atoms in total. The summed E-state index contributed by atoms with van der Waals surface area (Å²) in [6, 6.07) is 9.68. The number of β-amino-alcohol motifs (C(OH)–C–C–N with tert-alkyl or cyclic N) is 1. The van der Waals surface area contributed by atoms with Gasteiger partial charge in [0.2, 0.25) is 5.91 Å². The lowest BCUT2D eigenvalue weighted by atomic mass is 10.1. The Morgan fingerprint density at radius 2 is 2.15 bits per heavy atom. The summed E-state index contributed by atoms with van der Waals surface area (Å²) in [5.41, 5.74) is 1.08. The minimum absolute atomic E-state index is 0.0576. The van der Waals surface area contributed by atoms with Crippen molar-refractivity contribution in [2.45, 2.75) is 25.0 Å². The number of carbonyl (C=O) groups excluding carboxylic acids is 1. The summed E-state index contributed by atoms with van der Waals surface area (Å²) in [5.74, 6) is 0.762. The molecule has 2 aliphatic heterocycles. The number of carbonyl (C=O) groups is 1. The van der Waals surface area contributed by atoms with Gasteiger partial charge in [-0.25, -0.2) is 0 Å². The number of thioether (sulfide) groups is 1. The molecule has 1 aromatic carbocycles. The van der Waals surface area contributed by atoms with Gasteiger partial charge >= 0.3 is 0 Å². The highest BCUT2D eigenvalue weighted by molar-refractivity contribution is 8.14. The number of nitrogens with zero attached hydrogens (tertiary/aromatic N) is 2. The molecule has 1 amide bonds. The van der Waals surface area contributed by atoms with E-state index in [1.165, 1.54) is 0 Å². The molecule has 0 bridgehead atoms. The summed E-state index contributed by atoms with van der Waals surface area (Å²) in [5, 5.41) is 10.6. The molecule has 2 aliphatic rings. The van der Waals surface area contributed by atoms with Crippen LogP contribution in [0.3, 0.4) is 0 Å². The van der Waals surface area contributed by atoms with E-state index in [1.807, 2.05) is 30.3 Å². The summed E-state index contributed by atoms with van der Waals surface area (Å²) in [4.78, 5) is 18.7. The van der Waals surface area contributed by atoms with Gasteiger partial charge in [-0.2, -0.15) is 0 Å². The molecular formula is C15H18N2O2S. The molecule has 2 atom stereocenters. The van der Waals surface area contributed by atoms with Crippen molar-refractivity contribution in [2.24, 2.45) is 4.99 Å². The van der Waals surface area contributed by atoms with Crippen molar-refractivity contribution in [1.82, 2.24) is 4.90 Å². The molecule has 0 radical (unpaired) electrons. The largest absolute Gasteiger partial charge is 0.391 e. The lowest BCUT2D eigenvalue weighted by molar-refractivity contribution is -0.134. The normalized spacial score (nSPS) is 26.4. The molecule has 106 valence electrons. The number of hydrogen-bond acceptors (Lipinski definition) is 4. The summed E-state index contributed by atoms with van der Waals surface area (Å²) >= 11 is 1.64. The van der Waals surface area contributed by atoms with Gasteiger partial charge in [0.15, 0.2) is 0 Å². The van der Waals surface area contributed by atoms with Crippen LogP contribution in [0.15, 0.2) is 35.3 Å². The highest BCUT2D eigenvalue weighted by atomic mass is 32.2. The Kier molecular flexibility index (Phi) is 4.08. The lowest BCUT2D eigenvalue weighted by Crippen LogP contribution is -2.46. The number of aliphatic hydroxyl groups excluding tert-OH is 1. The van der Waals surface area contributed by atoms with Crippen LogP contribution in [0.5, 0.6) is 0 Å². The van der Waals surface area contributed by atoms with E-state index in [-0.39, 0.29) is 18.1 Å². The average Bonchev–Trinajstić information content (AvgIpc) is 2.97. The quantitative estimate of drug-likeness (QED) is 0.899. The van der Waals surface area contributed by atoms with Crippen molar-refractivity contribution in [3.63, 3.8) is 0 Å². The third kappa shape index (κ3) is 2.88. The summed E-state index contributed by atoms with van der Waals surface area (Å²) < 4.78 is 0. The van der Waals surface area contributed by atoms with Gasteiger partial charge in [-0.15, -0.1) is 11.8 Å². The zero-order valence-corrected chi connectivity index (χ0v) is 12.1. The Morgan fingerprint density at radius 1 is 1.35 bits per heavy atom. The molecule has 2 unspecified atom stereocenters. The third-order valence-corrected chi connectivity index (χ3v) is 4.76. The first-order valence-electron chi connectivity index (χ1n) is 6.97. The number of piperidine rings is 1. The van der Waals surface area contributed by atoms with Crippen LogP contribution in [0.25, 0.3) is 0 Å². The second kappa shape index (κ2) is 5.97. The van der Waals surface area contributed by atoms with E-state index in [0.717, 1.165) is 30.0 Å². The van der Waals surface area contributed by atoms with Crippen molar-refractivity contribution >= 4 is 22.7 Å². The maximum absolute atomic E-state index is 12.4. The molecule has 1 saturated heterocycles. The van der Waals surface area contributed by atoms with Crippen LogP contribution >= 0.6 is 11.8 Å². The Morgan fingerprint density at radius 3 is 2.90 bits per heavy atom. The first kappa shape index (κ1) is 13.6. The van der Waals surface area contributed by atoms with Crippen molar-refractivity contribution in [3.8, 4) is 0 Å². The number of rotatable bonds is 2. The molecular weight excluding hydrogens is 272 g/mol. The molecule has 5 heteroatoms. The van der Waals surface area contributed by atoms with E-state index in [0.29, 0.717) is 12.3 Å². The molecule has 20 heavy (non-hydrogen) atoms. The zero-order valence-electron chi connectivity index (χ0n) is 11.2. The van der Waals surface area contributed by atoms with Crippen molar-refractivity contribution in [2.75, 3.05) is 18.8 Å². The second-order valence-electron chi connectivity index (χ2n) is 5.21. The Labute approximate surface area is 122 Å². The van der Waals surface area contributed by atoms with Gasteiger partial charge in [0.25, 0.3) is 0 Å². The van der Waals surface area contributed by atoms with Crippen LogP contribution in [0.1, 0.15) is 18.4 Å². The standard InChI is InChI=1S/C15H18N2O2S/c18-12-7-4-8-17(9-12)15(19)13-10-20-14(16-13)11-5-2-1-3-6-11/h1-3,5-6,12-13,18H,4,7-10H2. The van der Waals surface area contributed by atoms with E-state index in [9.17, 15) is 9.90 Å².